The van der Waals surface area contributed by atoms with Gasteiger partial charge in [-0.1, -0.05) is 19.3 Å². The van der Waals surface area contributed by atoms with Gasteiger partial charge in [-0.3, -0.25) is 9.59 Å². The highest BCUT2D eigenvalue weighted by molar-refractivity contribution is 5.93. The second-order valence-electron chi connectivity index (χ2n) is 6.52. The molecule has 1 aliphatic rings. The molecule has 0 bridgehead atoms. The number of aromatic nitrogens is 1. The molecule has 0 radical (unpaired) electrons. The summed E-state index contributed by atoms with van der Waals surface area (Å²) in [5.74, 6) is 0.337. The van der Waals surface area contributed by atoms with E-state index in [-0.39, 0.29) is 17.0 Å². The lowest BCUT2D eigenvalue weighted by molar-refractivity contribution is 0.0920. The lowest BCUT2D eigenvalue weighted by Crippen LogP contribution is -2.46. The zero-order valence-corrected chi connectivity index (χ0v) is 13.8. The van der Waals surface area contributed by atoms with Gasteiger partial charge in [0.1, 0.15) is 5.56 Å². The summed E-state index contributed by atoms with van der Waals surface area (Å²) in [5, 5.41) is 2.94. The molecule has 1 heterocycles. The molecule has 5 heteroatoms. The van der Waals surface area contributed by atoms with Crippen molar-refractivity contribution in [3.63, 3.8) is 0 Å². The highest BCUT2D eigenvalue weighted by atomic mass is 16.2. The third kappa shape index (κ3) is 4.19. The molecule has 2 N–H and O–H groups in total. The van der Waals surface area contributed by atoms with Crippen LogP contribution < -0.4 is 10.9 Å². The first-order valence-corrected chi connectivity index (χ1v) is 8.13. The van der Waals surface area contributed by atoms with Crippen LogP contribution in [-0.4, -0.2) is 42.5 Å². The number of rotatable bonds is 5. The molecule has 0 aliphatic heterocycles. The lowest BCUT2D eigenvalue weighted by atomic mass is 9.83. The van der Waals surface area contributed by atoms with Crippen LogP contribution in [-0.2, 0) is 0 Å². The molecular formula is C17H27N3O2. The Bertz CT molecular complexity index is 559. The minimum absolute atomic E-state index is 0.187. The van der Waals surface area contributed by atoms with Gasteiger partial charge in [-0.25, -0.2) is 0 Å². The second-order valence-corrected chi connectivity index (χ2v) is 6.52. The minimum atomic E-state index is -0.323. The molecule has 5 nitrogen and oxygen atoms in total. The maximum atomic E-state index is 12.2. The van der Waals surface area contributed by atoms with Gasteiger partial charge in [0.15, 0.2) is 0 Å². The summed E-state index contributed by atoms with van der Waals surface area (Å²) >= 11 is 0. The topological polar surface area (TPSA) is 65.2 Å². The van der Waals surface area contributed by atoms with Gasteiger partial charge in [-0.05, 0) is 51.9 Å². The molecule has 0 spiro atoms. The third-order valence-electron chi connectivity index (χ3n) is 4.63. The first-order chi connectivity index (χ1) is 10.5. The van der Waals surface area contributed by atoms with Gasteiger partial charge in [0.2, 0.25) is 0 Å². The highest BCUT2D eigenvalue weighted by Gasteiger charge is 2.26. The molecule has 0 saturated heterocycles. The summed E-state index contributed by atoms with van der Waals surface area (Å²) in [6.45, 7) is 2.39. The monoisotopic (exact) mass is 305 g/mol. The van der Waals surface area contributed by atoms with Crippen LogP contribution in [0.2, 0.25) is 0 Å². The Hall–Kier alpha value is -1.62. The largest absolute Gasteiger partial charge is 0.350 e. The fraction of sp³-hybridized carbons (Fsp3) is 0.647. The molecule has 1 fully saturated rings. The molecule has 0 aromatic carbocycles. The molecule has 2 rings (SSSR count). The summed E-state index contributed by atoms with van der Waals surface area (Å²) in [5.41, 5.74) is 0.623. The van der Waals surface area contributed by atoms with Crippen molar-refractivity contribution < 1.29 is 4.79 Å². The fourth-order valence-electron chi connectivity index (χ4n) is 3.33. The van der Waals surface area contributed by atoms with Crippen LogP contribution in [0.3, 0.4) is 0 Å². The zero-order chi connectivity index (χ0) is 16.1. The van der Waals surface area contributed by atoms with E-state index < -0.39 is 0 Å². The summed E-state index contributed by atoms with van der Waals surface area (Å²) in [6, 6.07) is 3.67. The van der Waals surface area contributed by atoms with Gasteiger partial charge in [0.25, 0.3) is 11.5 Å². The van der Waals surface area contributed by atoms with Crippen molar-refractivity contribution in [2.24, 2.45) is 5.92 Å². The Morgan fingerprint density at radius 2 is 2.00 bits per heavy atom. The number of likely N-dealkylation sites (N-methyl/N-ethyl adjacent to an activating group) is 1. The van der Waals surface area contributed by atoms with E-state index in [1.165, 1.54) is 32.1 Å². The number of nitrogens with zero attached hydrogens (tertiary/aromatic N) is 1. The van der Waals surface area contributed by atoms with Crippen LogP contribution in [0.1, 0.15) is 48.2 Å². The summed E-state index contributed by atoms with van der Waals surface area (Å²) in [6.07, 6.45) is 6.33. The van der Waals surface area contributed by atoms with Crippen LogP contribution in [0, 0.1) is 12.8 Å². The van der Waals surface area contributed by atoms with Crippen molar-refractivity contribution in [3.8, 4) is 0 Å². The molecule has 122 valence electrons. The molecule has 1 aromatic rings. The Kier molecular flexibility index (Phi) is 5.77. The summed E-state index contributed by atoms with van der Waals surface area (Å²) in [4.78, 5) is 28.9. The van der Waals surface area contributed by atoms with Crippen LogP contribution in [0.15, 0.2) is 16.9 Å². The quantitative estimate of drug-likeness (QED) is 0.873. The number of pyridine rings is 1. The number of hydrogen-bond acceptors (Lipinski definition) is 3. The van der Waals surface area contributed by atoms with Crippen molar-refractivity contribution in [1.29, 1.82) is 0 Å². The number of amides is 1. The Balaban J connectivity index is 1.99. The zero-order valence-electron chi connectivity index (χ0n) is 13.8. The number of hydrogen-bond donors (Lipinski definition) is 2. The summed E-state index contributed by atoms with van der Waals surface area (Å²) in [7, 11) is 4.12. The smallest absolute Gasteiger partial charge is 0.260 e. The van der Waals surface area contributed by atoms with Crippen LogP contribution in [0.4, 0.5) is 0 Å². The minimum Gasteiger partial charge on any atom is -0.350 e. The van der Waals surface area contributed by atoms with Crippen LogP contribution in [0.25, 0.3) is 0 Å². The van der Waals surface area contributed by atoms with Gasteiger partial charge in [0, 0.05) is 18.3 Å². The number of aryl methyl sites for hydroxylation is 1. The maximum Gasteiger partial charge on any atom is 0.260 e. The van der Waals surface area contributed by atoms with E-state index in [1.54, 1.807) is 19.1 Å². The van der Waals surface area contributed by atoms with Gasteiger partial charge in [0.05, 0.1) is 0 Å². The van der Waals surface area contributed by atoms with Crippen molar-refractivity contribution in [2.75, 3.05) is 20.6 Å². The third-order valence-corrected chi connectivity index (χ3v) is 4.63. The van der Waals surface area contributed by atoms with Gasteiger partial charge in [-0.2, -0.15) is 0 Å². The molecule has 1 amide bonds. The molecule has 1 aromatic heterocycles. The van der Waals surface area contributed by atoms with Crippen LogP contribution >= 0.6 is 0 Å². The fourth-order valence-corrected chi connectivity index (χ4v) is 3.33. The molecule has 1 atom stereocenters. The predicted octanol–water partition coefficient (Wildman–Crippen LogP) is 1.92. The average Bonchev–Trinajstić information content (AvgIpc) is 2.48. The van der Waals surface area contributed by atoms with Crippen molar-refractivity contribution in [1.82, 2.24) is 15.2 Å². The van der Waals surface area contributed by atoms with Crippen LogP contribution in [0.5, 0.6) is 0 Å². The lowest BCUT2D eigenvalue weighted by Gasteiger charge is -2.34. The number of carbonyl (C=O) groups excluding carboxylic acids is 1. The van der Waals surface area contributed by atoms with Gasteiger partial charge < -0.3 is 15.2 Å². The van der Waals surface area contributed by atoms with E-state index in [0.29, 0.717) is 18.5 Å². The molecule has 22 heavy (non-hydrogen) atoms. The van der Waals surface area contributed by atoms with E-state index in [0.717, 1.165) is 5.69 Å². The number of carbonyl (C=O) groups is 1. The van der Waals surface area contributed by atoms with Gasteiger partial charge in [-0.15, -0.1) is 0 Å². The Morgan fingerprint density at radius 1 is 1.32 bits per heavy atom. The number of H-pyrrole nitrogens is 1. The van der Waals surface area contributed by atoms with Crippen molar-refractivity contribution >= 4 is 5.91 Å². The average molecular weight is 305 g/mol. The van der Waals surface area contributed by atoms with Crippen molar-refractivity contribution in [3.05, 3.63) is 33.7 Å². The normalized spacial score (nSPS) is 17.5. The van der Waals surface area contributed by atoms with Crippen molar-refractivity contribution in [2.45, 2.75) is 45.1 Å². The van der Waals surface area contributed by atoms with E-state index >= 15 is 0 Å². The number of aromatic amines is 1. The van der Waals surface area contributed by atoms with E-state index in [2.05, 4.69) is 29.3 Å². The molecular weight excluding hydrogens is 278 g/mol. The Morgan fingerprint density at radius 3 is 2.59 bits per heavy atom. The Labute approximate surface area is 132 Å². The van der Waals surface area contributed by atoms with E-state index in [4.69, 9.17) is 0 Å². The first kappa shape index (κ1) is 16.7. The highest BCUT2D eigenvalue weighted by Crippen LogP contribution is 2.28. The predicted molar refractivity (Wildman–Crippen MR) is 88.2 cm³/mol. The molecule has 1 unspecified atom stereocenters. The maximum absolute atomic E-state index is 12.2. The standard InChI is InChI=1S/C17H27N3O2/c1-12-9-10-14(17(22)19-12)16(21)18-11-15(20(2)3)13-7-5-4-6-8-13/h9-10,13,15H,4-8,11H2,1-3H3,(H,18,21)(H,19,22). The summed E-state index contributed by atoms with van der Waals surface area (Å²) < 4.78 is 0. The van der Waals surface area contributed by atoms with Gasteiger partial charge >= 0.3 is 0 Å². The SMILES string of the molecule is Cc1ccc(C(=O)NCC(C2CCCCC2)N(C)C)c(=O)[nH]1. The second kappa shape index (κ2) is 7.58. The molecule has 1 saturated carbocycles. The van der Waals surface area contributed by atoms with E-state index in [1.807, 2.05) is 0 Å². The van der Waals surface area contributed by atoms with E-state index in [9.17, 15) is 9.59 Å². The molecule has 1 aliphatic carbocycles. The first-order valence-electron chi connectivity index (χ1n) is 8.13. The number of nitrogens with one attached hydrogen (secondary N) is 2.